The van der Waals surface area contributed by atoms with Crippen molar-refractivity contribution >= 4 is 11.9 Å². The van der Waals surface area contributed by atoms with Gasteiger partial charge in [0.15, 0.2) is 0 Å². The minimum absolute atomic E-state index is 0.113. The van der Waals surface area contributed by atoms with E-state index in [9.17, 15) is 9.59 Å². The number of aliphatic carboxylic acids is 2. The van der Waals surface area contributed by atoms with Gasteiger partial charge in [0.1, 0.15) is 0 Å². The number of hydrogen-bond acceptors (Lipinski definition) is 2. The van der Waals surface area contributed by atoms with E-state index in [0.717, 1.165) is 31.4 Å². The lowest BCUT2D eigenvalue weighted by molar-refractivity contribution is -0.132. The molecule has 4 heteroatoms. The van der Waals surface area contributed by atoms with Crippen LogP contribution in [0.2, 0.25) is 0 Å². The first-order valence-corrected chi connectivity index (χ1v) is 7.38. The second kappa shape index (κ2) is 12.5. The third kappa shape index (κ3) is 12.9. The Morgan fingerprint density at radius 1 is 0.850 bits per heavy atom. The van der Waals surface area contributed by atoms with Crippen molar-refractivity contribution in [3.05, 3.63) is 24.3 Å². The van der Waals surface area contributed by atoms with Crippen molar-refractivity contribution in [3.8, 4) is 0 Å². The molecule has 0 rings (SSSR count). The molecule has 0 aromatic rings. The number of allylic oxidation sites excluding steroid dienone is 2. The summed E-state index contributed by atoms with van der Waals surface area (Å²) in [5, 5.41) is 17.2. The van der Waals surface area contributed by atoms with Gasteiger partial charge in [-0.1, -0.05) is 64.0 Å². The lowest BCUT2D eigenvalue weighted by Gasteiger charge is -2.07. The van der Waals surface area contributed by atoms with E-state index < -0.39 is 11.9 Å². The van der Waals surface area contributed by atoms with Crippen LogP contribution in [0.25, 0.3) is 0 Å². The van der Waals surface area contributed by atoms with Crippen LogP contribution in [0.1, 0.15) is 58.3 Å². The zero-order valence-corrected chi connectivity index (χ0v) is 12.3. The maximum absolute atomic E-state index is 10.5. The number of carboxylic acids is 2. The standard InChI is InChI=1S/C16H26O4/c1-2-3-4-5-6-7-8-9-14(10-12-15(17)18)11-13-16(19)20/h10-14H,2-9H2,1H3,(H,17,18)(H,19,20). The Kier molecular flexibility index (Phi) is 11.5. The smallest absolute Gasteiger partial charge is 0.327 e. The molecule has 0 bridgehead atoms. The van der Waals surface area contributed by atoms with Gasteiger partial charge in [-0.2, -0.15) is 0 Å². The molecule has 0 unspecified atom stereocenters. The first kappa shape index (κ1) is 18.4. The molecular formula is C16H26O4. The van der Waals surface area contributed by atoms with Gasteiger partial charge in [-0.3, -0.25) is 0 Å². The first-order valence-electron chi connectivity index (χ1n) is 7.38. The predicted octanol–water partition coefficient (Wildman–Crippen LogP) is 4.02. The Labute approximate surface area is 121 Å². The van der Waals surface area contributed by atoms with E-state index in [4.69, 9.17) is 10.2 Å². The fourth-order valence-corrected chi connectivity index (χ4v) is 2.01. The van der Waals surface area contributed by atoms with Crippen LogP contribution < -0.4 is 0 Å². The van der Waals surface area contributed by atoms with Crippen LogP contribution in [-0.2, 0) is 9.59 Å². The van der Waals surface area contributed by atoms with Crippen LogP contribution >= 0.6 is 0 Å². The molecule has 0 fully saturated rings. The maximum Gasteiger partial charge on any atom is 0.327 e. The Morgan fingerprint density at radius 2 is 1.30 bits per heavy atom. The molecule has 0 atom stereocenters. The zero-order chi connectivity index (χ0) is 15.2. The monoisotopic (exact) mass is 282 g/mol. The van der Waals surface area contributed by atoms with Gasteiger partial charge >= 0.3 is 11.9 Å². The van der Waals surface area contributed by atoms with Gasteiger partial charge < -0.3 is 10.2 Å². The molecule has 0 amide bonds. The maximum atomic E-state index is 10.5. The third-order valence-electron chi connectivity index (χ3n) is 3.11. The second-order valence-corrected chi connectivity index (χ2v) is 4.97. The molecular weight excluding hydrogens is 256 g/mol. The topological polar surface area (TPSA) is 74.6 Å². The van der Waals surface area contributed by atoms with Crippen LogP contribution in [-0.4, -0.2) is 22.2 Å². The van der Waals surface area contributed by atoms with E-state index in [-0.39, 0.29) is 5.92 Å². The zero-order valence-electron chi connectivity index (χ0n) is 12.3. The summed E-state index contributed by atoms with van der Waals surface area (Å²) in [5.74, 6) is -2.12. The van der Waals surface area contributed by atoms with Gasteiger partial charge in [-0.25, -0.2) is 9.59 Å². The molecule has 2 N–H and O–H groups in total. The molecule has 0 aromatic carbocycles. The summed E-state index contributed by atoms with van der Waals surface area (Å²) in [6.45, 7) is 2.19. The molecule has 20 heavy (non-hydrogen) atoms. The van der Waals surface area contributed by atoms with E-state index in [2.05, 4.69) is 6.92 Å². The van der Waals surface area contributed by atoms with Gasteiger partial charge in [0.2, 0.25) is 0 Å². The molecule has 0 aliphatic carbocycles. The molecule has 4 nitrogen and oxygen atoms in total. The molecule has 0 aromatic heterocycles. The molecule has 114 valence electrons. The number of rotatable bonds is 12. The van der Waals surface area contributed by atoms with Crippen molar-refractivity contribution in [1.82, 2.24) is 0 Å². The normalized spacial score (nSPS) is 13.1. The average Bonchev–Trinajstić information content (AvgIpc) is 2.39. The van der Waals surface area contributed by atoms with E-state index in [1.54, 1.807) is 12.2 Å². The summed E-state index contributed by atoms with van der Waals surface area (Å²) < 4.78 is 0. The number of carbonyl (C=O) groups is 2. The van der Waals surface area contributed by atoms with E-state index in [1.807, 2.05) is 0 Å². The quantitative estimate of drug-likeness (QED) is 0.418. The molecule has 0 radical (unpaired) electrons. The van der Waals surface area contributed by atoms with Crippen LogP contribution in [0, 0.1) is 5.92 Å². The van der Waals surface area contributed by atoms with Gasteiger partial charge in [-0.05, 0) is 12.3 Å². The Morgan fingerprint density at radius 3 is 1.75 bits per heavy atom. The Bertz CT molecular complexity index is 307. The van der Waals surface area contributed by atoms with Crippen molar-refractivity contribution in [2.75, 3.05) is 0 Å². The number of carboxylic acid groups (broad SMARTS) is 2. The summed E-state index contributed by atoms with van der Waals surface area (Å²) in [7, 11) is 0. The first-order chi connectivity index (χ1) is 9.56. The SMILES string of the molecule is CCCCCCCCCC(C=CC(=O)O)C=CC(=O)O. The van der Waals surface area contributed by atoms with E-state index >= 15 is 0 Å². The van der Waals surface area contributed by atoms with Crippen molar-refractivity contribution in [2.45, 2.75) is 58.3 Å². The molecule has 0 saturated carbocycles. The highest BCUT2D eigenvalue weighted by atomic mass is 16.4. The van der Waals surface area contributed by atoms with Gasteiger partial charge in [0.05, 0.1) is 0 Å². The summed E-state index contributed by atoms with van der Waals surface area (Å²) in [4.78, 5) is 21.0. The fourth-order valence-electron chi connectivity index (χ4n) is 2.01. The molecule has 0 heterocycles. The second-order valence-electron chi connectivity index (χ2n) is 4.97. The van der Waals surface area contributed by atoms with E-state index in [1.165, 1.54) is 32.1 Å². The minimum Gasteiger partial charge on any atom is -0.478 e. The van der Waals surface area contributed by atoms with Crippen LogP contribution in [0.4, 0.5) is 0 Å². The van der Waals surface area contributed by atoms with Gasteiger partial charge in [-0.15, -0.1) is 0 Å². The third-order valence-corrected chi connectivity index (χ3v) is 3.11. The van der Waals surface area contributed by atoms with Gasteiger partial charge in [0.25, 0.3) is 0 Å². The van der Waals surface area contributed by atoms with Crippen LogP contribution in [0.15, 0.2) is 24.3 Å². The molecule has 0 aliphatic heterocycles. The Balaban J connectivity index is 3.97. The van der Waals surface area contributed by atoms with E-state index in [0.29, 0.717) is 0 Å². The lowest BCUT2D eigenvalue weighted by atomic mass is 9.99. The number of unbranched alkanes of at least 4 members (excludes halogenated alkanes) is 6. The predicted molar refractivity (Wildman–Crippen MR) is 79.7 cm³/mol. The van der Waals surface area contributed by atoms with Crippen LogP contribution in [0.3, 0.4) is 0 Å². The molecule has 0 saturated heterocycles. The summed E-state index contributed by atoms with van der Waals surface area (Å²) in [6, 6.07) is 0. The van der Waals surface area contributed by atoms with Crippen molar-refractivity contribution in [3.63, 3.8) is 0 Å². The average molecular weight is 282 g/mol. The highest BCUT2D eigenvalue weighted by Gasteiger charge is 2.02. The van der Waals surface area contributed by atoms with Crippen molar-refractivity contribution in [2.24, 2.45) is 5.92 Å². The molecule has 0 aliphatic rings. The Hall–Kier alpha value is -1.58. The summed E-state index contributed by atoms with van der Waals surface area (Å²) in [5.41, 5.74) is 0. The highest BCUT2D eigenvalue weighted by Crippen LogP contribution is 2.15. The largest absolute Gasteiger partial charge is 0.478 e. The highest BCUT2D eigenvalue weighted by molar-refractivity contribution is 5.80. The van der Waals surface area contributed by atoms with Crippen molar-refractivity contribution in [1.29, 1.82) is 0 Å². The fraction of sp³-hybridized carbons (Fsp3) is 0.625. The van der Waals surface area contributed by atoms with Gasteiger partial charge in [0, 0.05) is 12.2 Å². The summed E-state index contributed by atoms with van der Waals surface area (Å²) >= 11 is 0. The minimum atomic E-state index is -1.00. The summed E-state index contributed by atoms with van der Waals surface area (Å²) in [6.07, 6.45) is 14.4. The van der Waals surface area contributed by atoms with Crippen molar-refractivity contribution < 1.29 is 19.8 Å². The van der Waals surface area contributed by atoms with Crippen LogP contribution in [0.5, 0.6) is 0 Å². The number of hydrogen-bond donors (Lipinski definition) is 2. The lowest BCUT2D eigenvalue weighted by Crippen LogP contribution is -1.97. The molecule has 0 spiro atoms.